The number of hydrogen-bond donors (Lipinski definition) is 0. The van der Waals surface area contributed by atoms with Crippen molar-refractivity contribution in [1.29, 1.82) is 0 Å². The van der Waals surface area contributed by atoms with Crippen molar-refractivity contribution in [2.45, 2.75) is 46.6 Å². The van der Waals surface area contributed by atoms with Crippen LogP contribution in [0.1, 0.15) is 40.5 Å². The van der Waals surface area contributed by atoms with Crippen molar-refractivity contribution in [1.82, 2.24) is 9.80 Å². The van der Waals surface area contributed by atoms with Crippen molar-refractivity contribution in [3.05, 3.63) is 0 Å². The third-order valence-corrected chi connectivity index (χ3v) is 4.82. The van der Waals surface area contributed by atoms with E-state index in [1.165, 1.54) is 0 Å². The molecule has 2 saturated heterocycles. The Morgan fingerprint density at radius 2 is 1.68 bits per heavy atom. The van der Waals surface area contributed by atoms with E-state index in [9.17, 15) is 9.59 Å². The molecule has 0 atom stereocenters. The largest absolute Gasteiger partial charge is 0.462 e. The summed E-state index contributed by atoms with van der Waals surface area (Å²) in [5, 5.41) is 0. The Labute approximate surface area is 134 Å². The normalized spacial score (nSPS) is 21.3. The predicted molar refractivity (Wildman–Crippen MR) is 85.3 cm³/mol. The highest BCUT2D eigenvalue weighted by molar-refractivity contribution is 5.81. The first kappa shape index (κ1) is 17.3. The van der Waals surface area contributed by atoms with E-state index in [1.807, 2.05) is 23.6 Å². The molecule has 0 saturated carbocycles. The van der Waals surface area contributed by atoms with E-state index in [0.717, 1.165) is 31.8 Å². The second-order valence-corrected chi connectivity index (χ2v) is 7.34. The van der Waals surface area contributed by atoms with Gasteiger partial charge in [-0.05, 0) is 38.5 Å². The van der Waals surface area contributed by atoms with Gasteiger partial charge in [0.05, 0.1) is 18.6 Å². The van der Waals surface area contributed by atoms with Gasteiger partial charge in [-0.3, -0.25) is 14.5 Å². The molecule has 5 nitrogen and oxygen atoms in total. The number of nitrogens with zero attached hydrogens (tertiary/aromatic N) is 2. The Hall–Kier alpha value is -1.10. The molecule has 0 aromatic rings. The summed E-state index contributed by atoms with van der Waals surface area (Å²) >= 11 is 0. The lowest BCUT2D eigenvalue weighted by atomic mass is 9.86. The minimum Gasteiger partial charge on any atom is -0.462 e. The van der Waals surface area contributed by atoms with Crippen LogP contribution in [0, 0.1) is 17.8 Å². The van der Waals surface area contributed by atoms with Gasteiger partial charge in [-0.25, -0.2) is 0 Å². The van der Waals surface area contributed by atoms with Gasteiger partial charge in [0.25, 0.3) is 0 Å². The molecule has 22 heavy (non-hydrogen) atoms. The zero-order valence-electron chi connectivity index (χ0n) is 14.4. The third-order valence-electron chi connectivity index (χ3n) is 4.82. The van der Waals surface area contributed by atoms with Crippen LogP contribution in [-0.2, 0) is 14.3 Å². The zero-order valence-corrected chi connectivity index (χ0v) is 14.4. The summed E-state index contributed by atoms with van der Waals surface area (Å²) in [6.45, 7) is 11.7. The Balaban J connectivity index is 1.68. The Morgan fingerprint density at radius 1 is 1.09 bits per heavy atom. The summed E-state index contributed by atoms with van der Waals surface area (Å²) in [6.07, 6.45) is 2.18. The van der Waals surface area contributed by atoms with Crippen molar-refractivity contribution >= 4 is 11.9 Å². The second kappa shape index (κ2) is 7.44. The van der Waals surface area contributed by atoms with Gasteiger partial charge in [-0.15, -0.1) is 0 Å². The van der Waals surface area contributed by atoms with Crippen molar-refractivity contribution in [3.8, 4) is 0 Å². The molecule has 2 fully saturated rings. The number of carbonyl (C=O) groups excluding carboxylic acids is 2. The minimum absolute atomic E-state index is 0.0717. The van der Waals surface area contributed by atoms with E-state index in [4.69, 9.17) is 4.74 Å². The molecule has 2 heterocycles. The molecule has 2 aliphatic rings. The number of ether oxygens (including phenoxy) is 1. The van der Waals surface area contributed by atoms with Crippen LogP contribution in [0.2, 0.25) is 0 Å². The molecule has 0 aromatic heterocycles. The highest BCUT2D eigenvalue weighted by atomic mass is 16.5. The standard InChI is InChI=1S/C17H30N2O3/c1-12(2)14-5-7-19(8-6-14)17(21)15-9-18(10-15)11-16(20)22-13(3)4/h12-15H,5-11H2,1-4H3. The summed E-state index contributed by atoms with van der Waals surface area (Å²) in [5.74, 6) is 1.62. The Bertz CT molecular complexity index is 395. The lowest BCUT2D eigenvalue weighted by molar-refractivity contribution is -0.154. The summed E-state index contributed by atoms with van der Waals surface area (Å²) in [7, 11) is 0. The van der Waals surface area contributed by atoms with Crippen LogP contribution < -0.4 is 0 Å². The van der Waals surface area contributed by atoms with Gasteiger partial charge in [0.15, 0.2) is 0 Å². The lowest BCUT2D eigenvalue weighted by Crippen LogP contribution is -2.56. The zero-order chi connectivity index (χ0) is 16.3. The van der Waals surface area contributed by atoms with E-state index in [0.29, 0.717) is 25.6 Å². The first-order valence-corrected chi connectivity index (χ1v) is 8.57. The van der Waals surface area contributed by atoms with Gasteiger partial charge in [0.2, 0.25) is 5.91 Å². The van der Waals surface area contributed by atoms with Crippen molar-refractivity contribution in [2.24, 2.45) is 17.8 Å². The van der Waals surface area contributed by atoms with Crippen molar-refractivity contribution < 1.29 is 14.3 Å². The number of esters is 1. The van der Waals surface area contributed by atoms with Crippen LogP contribution >= 0.6 is 0 Å². The molecule has 2 aliphatic heterocycles. The first-order chi connectivity index (χ1) is 10.4. The number of likely N-dealkylation sites (tertiary alicyclic amines) is 2. The van der Waals surface area contributed by atoms with Crippen molar-refractivity contribution in [2.75, 3.05) is 32.7 Å². The molecular formula is C17H30N2O3. The van der Waals surface area contributed by atoms with Gasteiger partial charge >= 0.3 is 5.97 Å². The van der Waals surface area contributed by atoms with E-state index in [1.54, 1.807) is 0 Å². The minimum atomic E-state index is -0.196. The van der Waals surface area contributed by atoms with E-state index < -0.39 is 0 Å². The van der Waals surface area contributed by atoms with E-state index in [2.05, 4.69) is 13.8 Å². The number of rotatable bonds is 5. The highest BCUT2D eigenvalue weighted by Gasteiger charge is 2.37. The van der Waals surface area contributed by atoms with Crippen LogP contribution in [-0.4, -0.2) is 60.5 Å². The van der Waals surface area contributed by atoms with Crippen LogP contribution in [0.4, 0.5) is 0 Å². The van der Waals surface area contributed by atoms with E-state index >= 15 is 0 Å². The molecule has 0 aliphatic carbocycles. The molecule has 0 bridgehead atoms. The van der Waals surface area contributed by atoms with Crippen LogP contribution in [0.5, 0.6) is 0 Å². The van der Waals surface area contributed by atoms with Crippen LogP contribution in [0.15, 0.2) is 0 Å². The topological polar surface area (TPSA) is 49.9 Å². The molecule has 126 valence electrons. The second-order valence-electron chi connectivity index (χ2n) is 7.34. The average Bonchev–Trinajstić information content (AvgIpc) is 2.41. The predicted octanol–water partition coefficient (Wildman–Crippen LogP) is 1.76. The molecule has 0 N–H and O–H groups in total. The number of carbonyl (C=O) groups is 2. The van der Waals surface area contributed by atoms with Gasteiger partial charge < -0.3 is 9.64 Å². The maximum atomic E-state index is 12.4. The number of piperidine rings is 1. The molecule has 2 rings (SSSR count). The first-order valence-electron chi connectivity index (χ1n) is 8.57. The van der Waals surface area contributed by atoms with Crippen LogP contribution in [0.3, 0.4) is 0 Å². The quantitative estimate of drug-likeness (QED) is 0.726. The molecule has 0 aromatic carbocycles. The van der Waals surface area contributed by atoms with E-state index in [-0.39, 0.29) is 23.9 Å². The van der Waals surface area contributed by atoms with Crippen molar-refractivity contribution in [3.63, 3.8) is 0 Å². The summed E-state index contributed by atoms with van der Waals surface area (Å²) in [6, 6.07) is 0. The fourth-order valence-electron chi connectivity index (χ4n) is 3.38. The highest BCUT2D eigenvalue weighted by Crippen LogP contribution is 2.26. The summed E-state index contributed by atoms with van der Waals surface area (Å²) in [5.41, 5.74) is 0. The monoisotopic (exact) mass is 310 g/mol. The molecule has 0 radical (unpaired) electrons. The van der Waals surface area contributed by atoms with Gasteiger partial charge in [0.1, 0.15) is 0 Å². The summed E-state index contributed by atoms with van der Waals surface area (Å²) in [4.78, 5) is 28.0. The molecule has 0 spiro atoms. The fourth-order valence-corrected chi connectivity index (χ4v) is 3.38. The number of amides is 1. The smallest absolute Gasteiger partial charge is 0.320 e. The van der Waals surface area contributed by atoms with Crippen LogP contribution in [0.25, 0.3) is 0 Å². The number of hydrogen-bond acceptors (Lipinski definition) is 4. The SMILES string of the molecule is CC(C)OC(=O)CN1CC(C(=O)N2CCC(C(C)C)CC2)C1. The molecular weight excluding hydrogens is 280 g/mol. The van der Waals surface area contributed by atoms with Gasteiger partial charge in [-0.2, -0.15) is 0 Å². The lowest BCUT2D eigenvalue weighted by Gasteiger charge is -2.42. The van der Waals surface area contributed by atoms with Gasteiger partial charge in [0, 0.05) is 26.2 Å². The average molecular weight is 310 g/mol. The third kappa shape index (κ3) is 4.45. The molecule has 1 amide bonds. The summed E-state index contributed by atoms with van der Waals surface area (Å²) < 4.78 is 5.13. The Morgan fingerprint density at radius 3 is 2.18 bits per heavy atom. The molecule has 0 unspecified atom stereocenters. The Kier molecular flexibility index (Phi) is 5.84. The maximum absolute atomic E-state index is 12.4. The fraction of sp³-hybridized carbons (Fsp3) is 0.882. The molecule has 5 heteroatoms. The van der Waals surface area contributed by atoms with Gasteiger partial charge in [-0.1, -0.05) is 13.8 Å². The maximum Gasteiger partial charge on any atom is 0.320 e.